The second-order valence-electron chi connectivity index (χ2n) is 7.77. The van der Waals surface area contributed by atoms with Crippen LogP contribution in [0.15, 0.2) is 10.9 Å². The van der Waals surface area contributed by atoms with E-state index in [0.29, 0.717) is 24.6 Å². The first kappa shape index (κ1) is 18.7. The van der Waals surface area contributed by atoms with Crippen LogP contribution < -0.4 is 10.9 Å². The number of nitrogens with one attached hydrogen (secondary N) is 1. The van der Waals surface area contributed by atoms with Gasteiger partial charge in [0.05, 0.1) is 6.04 Å². The Morgan fingerprint density at radius 3 is 2.42 bits per heavy atom. The highest BCUT2D eigenvalue weighted by atomic mass is 16.2. The van der Waals surface area contributed by atoms with Gasteiger partial charge in [-0.05, 0) is 38.3 Å². The third-order valence-corrected chi connectivity index (χ3v) is 5.85. The lowest BCUT2D eigenvalue weighted by Gasteiger charge is -2.27. The van der Waals surface area contributed by atoms with Crippen molar-refractivity contribution in [3.05, 3.63) is 33.2 Å². The van der Waals surface area contributed by atoms with Gasteiger partial charge < -0.3 is 14.8 Å². The number of aromatic nitrogens is 1. The van der Waals surface area contributed by atoms with E-state index in [9.17, 15) is 14.4 Å². The molecule has 1 aliphatic carbocycles. The van der Waals surface area contributed by atoms with Crippen molar-refractivity contribution in [2.75, 3.05) is 6.54 Å². The second kappa shape index (κ2) is 7.64. The number of rotatable bonds is 3. The number of pyridine rings is 1. The van der Waals surface area contributed by atoms with E-state index in [0.717, 1.165) is 18.5 Å². The third kappa shape index (κ3) is 3.69. The van der Waals surface area contributed by atoms with Crippen LogP contribution in [0.2, 0.25) is 0 Å². The molecule has 1 aromatic heterocycles. The van der Waals surface area contributed by atoms with Gasteiger partial charge in [-0.25, -0.2) is 0 Å². The quantitative estimate of drug-likeness (QED) is 0.840. The molecule has 1 N–H and O–H groups in total. The van der Waals surface area contributed by atoms with Crippen molar-refractivity contribution in [3.63, 3.8) is 0 Å². The lowest BCUT2D eigenvalue weighted by Crippen LogP contribution is -2.42. The van der Waals surface area contributed by atoms with E-state index < -0.39 is 0 Å². The Balaban J connectivity index is 1.70. The van der Waals surface area contributed by atoms with Crippen LogP contribution in [0.1, 0.15) is 66.6 Å². The zero-order valence-corrected chi connectivity index (χ0v) is 16.0. The van der Waals surface area contributed by atoms with Crippen LogP contribution in [0.3, 0.4) is 0 Å². The number of likely N-dealkylation sites (tertiary alicyclic amines) is 1. The highest BCUT2D eigenvalue weighted by Gasteiger charge is 2.35. The molecule has 1 aromatic rings. The summed E-state index contributed by atoms with van der Waals surface area (Å²) in [6.07, 6.45) is 7.28. The monoisotopic (exact) mass is 359 g/mol. The predicted molar refractivity (Wildman–Crippen MR) is 100 cm³/mol. The fraction of sp³-hybridized carbons (Fsp3) is 0.650. The van der Waals surface area contributed by atoms with Crippen LogP contribution in [-0.2, 0) is 11.8 Å². The molecule has 1 saturated heterocycles. The van der Waals surface area contributed by atoms with Crippen LogP contribution in [0.4, 0.5) is 0 Å². The van der Waals surface area contributed by atoms with Gasteiger partial charge in [0, 0.05) is 31.7 Å². The standard InChI is InChI=1S/C20H29N3O3/c1-13-10-14(2)22(3)20(26)18(13)19(25)21-15-11-17(24)23(12-15)16-8-6-4-5-7-9-16/h10,15-16H,4-9,11-12H2,1-3H3,(H,21,25)/t15-/m1/s1. The lowest BCUT2D eigenvalue weighted by atomic mass is 10.1. The number of hydrogen-bond acceptors (Lipinski definition) is 3. The minimum absolute atomic E-state index is 0.121. The smallest absolute Gasteiger partial charge is 0.263 e. The molecule has 2 amide bonds. The first-order valence-corrected chi connectivity index (χ1v) is 9.66. The van der Waals surface area contributed by atoms with Crippen LogP contribution in [-0.4, -0.2) is 39.9 Å². The van der Waals surface area contributed by atoms with Crippen LogP contribution in [0.25, 0.3) is 0 Å². The molecular formula is C20H29N3O3. The highest BCUT2D eigenvalue weighted by molar-refractivity contribution is 5.96. The molecular weight excluding hydrogens is 330 g/mol. The molecule has 2 aliphatic rings. The Bertz CT molecular complexity index is 760. The van der Waals surface area contributed by atoms with Gasteiger partial charge in [0.1, 0.15) is 5.56 Å². The van der Waals surface area contributed by atoms with Crippen molar-refractivity contribution in [3.8, 4) is 0 Å². The van der Waals surface area contributed by atoms with Gasteiger partial charge in [-0.2, -0.15) is 0 Å². The van der Waals surface area contributed by atoms with Gasteiger partial charge in [0.15, 0.2) is 0 Å². The predicted octanol–water partition coefficient (Wildman–Crippen LogP) is 2.06. The summed E-state index contributed by atoms with van der Waals surface area (Å²) < 4.78 is 1.49. The number of carbonyl (C=O) groups is 2. The molecule has 6 nitrogen and oxygen atoms in total. The maximum absolute atomic E-state index is 12.7. The SMILES string of the molecule is Cc1cc(C)n(C)c(=O)c1C(=O)N[C@@H]1CC(=O)N(C2CCCCCC2)C1. The van der Waals surface area contributed by atoms with Gasteiger partial charge in [-0.1, -0.05) is 25.7 Å². The summed E-state index contributed by atoms with van der Waals surface area (Å²) >= 11 is 0. The summed E-state index contributed by atoms with van der Waals surface area (Å²) in [6.45, 7) is 4.18. The number of amides is 2. The average Bonchev–Trinajstić information content (AvgIpc) is 2.79. The maximum Gasteiger partial charge on any atom is 0.263 e. The summed E-state index contributed by atoms with van der Waals surface area (Å²) in [5.74, 6) is -0.251. The topological polar surface area (TPSA) is 71.4 Å². The lowest BCUT2D eigenvalue weighted by molar-refractivity contribution is -0.129. The molecule has 1 atom stereocenters. The minimum atomic E-state index is -0.372. The number of aryl methyl sites for hydroxylation is 2. The largest absolute Gasteiger partial charge is 0.347 e. The van der Waals surface area contributed by atoms with E-state index in [4.69, 9.17) is 0 Å². The summed E-state index contributed by atoms with van der Waals surface area (Å²) in [5.41, 5.74) is 1.39. The van der Waals surface area contributed by atoms with Crippen molar-refractivity contribution >= 4 is 11.8 Å². The van der Waals surface area contributed by atoms with Crippen LogP contribution in [0, 0.1) is 13.8 Å². The van der Waals surface area contributed by atoms with Gasteiger partial charge in [0.2, 0.25) is 5.91 Å². The van der Waals surface area contributed by atoms with E-state index in [-0.39, 0.29) is 29.0 Å². The Labute approximate surface area is 154 Å². The van der Waals surface area contributed by atoms with Crippen LogP contribution in [0.5, 0.6) is 0 Å². The molecule has 3 rings (SSSR count). The van der Waals surface area contributed by atoms with Gasteiger partial charge in [0.25, 0.3) is 11.5 Å². The van der Waals surface area contributed by atoms with E-state index >= 15 is 0 Å². The second-order valence-corrected chi connectivity index (χ2v) is 7.77. The van der Waals surface area contributed by atoms with E-state index in [1.165, 1.54) is 30.3 Å². The Hall–Kier alpha value is -2.11. The molecule has 0 unspecified atom stereocenters. The molecule has 6 heteroatoms. The van der Waals surface area contributed by atoms with E-state index in [2.05, 4.69) is 5.32 Å². The van der Waals surface area contributed by atoms with Crippen LogP contribution >= 0.6 is 0 Å². The Morgan fingerprint density at radius 1 is 1.12 bits per heavy atom. The van der Waals surface area contributed by atoms with E-state index in [1.54, 1.807) is 14.0 Å². The zero-order chi connectivity index (χ0) is 18.8. The minimum Gasteiger partial charge on any atom is -0.347 e. The molecule has 1 aliphatic heterocycles. The normalized spacial score (nSPS) is 21.7. The van der Waals surface area contributed by atoms with Crippen molar-refractivity contribution in [1.82, 2.24) is 14.8 Å². The van der Waals surface area contributed by atoms with Gasteiger partial charge >= 0.3 is 0 Å². The van der Waals surface area contributed by atoms with Crippen molar-refractivity contribution < 1.29 is 9.59 Å². The first-order chi connectivity index (χ1) is 12.4. The summed E-state index contributed by atoms with van der Waals surface area (Å²) in [6, 6.07) is 1.93. The fourth-order valence-corrected chi connectivity index (χ4v) is 4.26. The molecule has 2 heterocycles. The van der Waals surface area contributed by atoms with Crippen molar-refractivity contribution in [2.24, 2.45) is 7.05 Å². The molecule has 2 fully saturated rings. The van der Waals surface area contributed by atoms with Gasteiger partial charge in [-0.3, -0.25) is 14.4 Å². The van der Waals surface area contributed by atoms with Gasteiger partial charge in [-0.15, -0.1) is 0 Å². The fourth-order valence-electron chi connectivity index (χ4n) is 4.26. The summed E-state index contributed by atoms with van der Waals surface area (Å²) in [5, 5.41) is 2.92. The van der Waals surface area contributed by atoms with E-state index in [1.807, 2.05) is 17.9 Å². The van der Waals surface area contributed by atoms with Crippen molar-refractivity contribution in [2.45, 2.75) is 70.9 Å². The molecule has 0 bridgehead atoms. The first-order valence-electron chi connectivity index (χ1n) is 9.66. The molecule has 1 saturated carbocycles. The number of nitrogens with zero attached hydrogens (tertiary/aromatic N) is 2. The number of hydrogen-bond donors (Lipinski definition) is 1. The number of carbonyl (C=O) groups excluding carboxylic acids is 2. The summed E-state index contributed by atoms with van der Waals surface area (Å²) in [4.78, 5) is 39.6. The molecule has 26 heavy (non-hydrogen) atoms. The molecule has 0 spiro atoms. The zero-order valence-electron chi connectivity index (χ0n) is 16.0. The maximum atomic E-state index is 12.7. The molecule has 0 aromatic carbocycles. The van der Waals surface area contributed by atoms with Crippen molar-refractivity contribution in [1.29, 1.82) is 0 Å². The molecule has 142 valence electrons. The Morgan fingerprint density at radius 2 is 1.77 bits per heavy atom. The average molecular weight is 359 g/mol. The Kier molecular flexibility index (Phi) is 5.49. The summed E-state index contributed by atoms with van der Waals surface area (Å²) in [7, 11) is 1.67. The highest BCUT2D eigenvalue weighted by Crippen LogP contribution is 2.26. The third-order valence-electron chi connectivity index (χ3n) is 5.85. The molecule has 0 radical (unpaired) electrons.